The summed E-state index contributed by atoms with van der Waals surface area (Å²) in [4.78, 5) is 2.44. The van der Waals surface area contributed by atoms with Crippen LogP contribution in [0.3, 0.4) is 0 Å². The number of benzene rings is 10. The highest BCUT2D eigenvalue weighted by Gasteiger charge is 2.20. The van der Waals surface area contributed by atoms with Gasteiger partial charge in [0.2, 0.25) is 0 Å². The van der Waals surface area contributed by atoms with Crippen molar-refractivity contribution in [1.82, 2.24) is 0 Å². The van der Waals surface area contributed by atoms with Gasteiger partial charge in [-0.05, 0) is 110 Å². The van der Waals surface area contributed by atoms with E-state index in [-0.39, 0.29) is 0 Å². The highest BCUT2D eigenvalue weighted by Crippen LogP contribution is 2.48. The molecule has 0 fully saturated rings. The Hall–Kier alpha value is -7.46. The van der Waals surface area contributed by atoms with Crippen LogP contribution in [0.5, 0.6) is 0 Å². The molecule has 0 spiro atoms. The fraction of sp³-hybridized carbons (Fsp3) is 0. The number of nitrogens with zero attached hydrogens (tertiary/aromatic N) is 1. The summed E-state index contributed by atoms with van der Waals surface area (Å²) in [5.41, 5.74) is 12.3. The van der Waals surface area contributed by atoms with E-state index in [2.05, 4.69) is 205 Å². The SMILES string of the molecule is c1ccc(-c2cccc3c2sc2c(N(c4ccc(-c5ccc6c(ccc7ccccc76)c5)cc4)c4cccc(-c5ccc6oc7ccccc7c6c5)c4)cccc23)cc1. The summed E-state index contributed by atoms with van der Waals surface area (Å²) >= 11 is 1.88. The van der Waals surface area contributed by atoms with E-state index < -0.39 is 0 Å². The Morgan fingerprint density at radius 1 is 0.322 bits per heavy atom. The van der Waals surface area contributed by atoms with Gasteiger partial charge in [0.15, 0.2) is 0 Å². The maximum absolute atomic E-state index is 6.20. The lowest BCUT2D eigenvalue weighted by Crippen LogP contribution is -2.10. The topological polar surface area (TPSA) is 16.4 Å². The molecule has 12 rings (SSSR count). The molecule has 0 atom stereocenters. The third-order valence-corrected chi connectivity index (χ3v) is 13.1. The van der Waals surface area contributed by atoms with Crippen LogP contribution in [0.2, 0.25) is 0 Å². The van der Waals surface area contributed by atoms with Gasteiger partial charge >= 0.3 is 0 Å². The molecule has 10 aromatic carbocycles. The molecule has 0 N–H and O–H groups in total. The molecule has 0 aliphatic heterocycles. The Labute approximate surface area is 345 Å². The minimum Gasteiger partial charge on any atom is -0.456 e. The van der Waals surface area contributed by atoms with Gasteiger partial charge in [-0.3, -0.25) is 0 Å². The second-order valence-corrected chi connectivity index (χ2v) is 16.3. The third-order valence-electron chi connectivity index (χ3n) is 11.8. The molecule has 2 heterocycles. The zero-order valence-electron chi connectivity index (χ0n) is 32.0. The summed E-state index contributed by atoms with van der Waals surface area (Å²) in [5, 5.41) is 9.88. The van der Waals surface area contributed by atoms with Crippen molar-refractivity contribution in [2.45, 2.75) is 0 Å². The van der Waals surface area contributed by atoms with Crippen LogP contribution in [-0.2, 0) is 0 Å². The van der Waals surface area contributed by atoms with Crippen molar-refractivity contribution in [3.63, 3.8) is 0 Å². The van der Waals surface area contributed by atoms with Gasteiger partial charge in [0.1, 0.15) is 11.2 Å². The molecule has 0 radical (unpaired) electrons. The highest BCUT2D eigenvalue weighted by molar-refractivity contribution is 7.27. The van der Waals surface area contributed by atoms with Gasteiger partial charge in [-0.25, -0.2) is 0 Å². The highest BCUT2D eigenvalue weighted by atomic mass is 32.1. The molecule has 0 saturated carbocycles. The monoisotopic (exact) mass is 769 g/mol. The van der Waals surface area contributed by atoms with Gasteiger partial charge in [-0.15, -0.1) is 11.3 Å². The predicted molar refractivity (Wildman–Crippen MR) is 253 cm³/mol. The summed E-state index contributed by atoms with van der Waals surface area (Å²) < 4.78 is 8.75. The average molecular weight is 770 g/mol. The van der Waals surface area contributed by atoms with Crippen molar-refractivity contribution in [2.75, 3.05) is 4.90 Å². The smallest absolute Gasteiger partial charge is 0.135 e. The summed E-state index contributed by atoms with van der Waals surface area (Å²) in [6, 6.07) is 77.0. The second kappa shape index (κ2) is 13.6. The van der Waals surface area contributed by atoms with Gasteiger partial charge in [-0.2, -0.15) is 0 Å². The Morgan fingerprint density at radius 3 is 1.85 bits per heavy atom. The number of anilines is 3. The van der Waals surface area contributed by atoms with E-state index in [9.17, 15) is 0 Å². The Bertz CT molecular complexity index is 3560. The van der Waals surface area contributed by atoms with Gasteiger partial charge in [-0.1, -0.05) is 158 Å². The third kappa shape index (κ3) is 5.62. The van der Waals surface area contributed by atoms with E-state index in [0.29, 0.717) is 0 Å². The number of furan rings is 1. The van der Waals surface area contributed by atoms with Crippen molar-refractivity contribution in [3.05, 3.63) is 212 Å². The molecule has 0 aliphatic carbocycles. The number of para-hydroxylation sites is 1. The zero-order chi connectivity index (χ0) is 38.9. The molecule has 12 aromatic rings. The van der Waals surface area contributed by atoms with Crippen LogP contribution in [0.4, 0.5) is 17.1 Å². The van der Waals surface area contributed by atoms with Crippen molar-refractivity contribution < 1.29 is 4.42 Å². The second-order valence-electron chi connectivity index (χ2n) is 15.3. The summed E-state index contributed by atoms with van der Waals surface area (Å²) in [7, 11) is 0. The van der Waals surface area contributed by atoms with E-state index in [1.54, 1.807) is 0 Å². The number of thiophene rings is 1. The zero-order valence-corrected chi connectivity index (χ0v) is 32.8. The van der Waals surface area contributed by atoms with Crippen LogP contribution in [0.1, 0.15) is 0 Å². The van der Waals surface area contributed by atoms with E-state index in [1.165, 1.54) is 64.0 Å². The molecule has 276 valence electrons. The van der Waals surface area contributed by atoms with Crippen LogP contribution in [0.25, 0.3) is 97.0 Å². The predicted octanol–water partition coefficient (Wildman–Crippen LogP) is 16.7. The molecule has 2 nitrogen and oxygen atoms in total. The summed E-state index contributed by atoms with van der Waals surface area (Å²) in [6.07, 6.45) is 0. The fourth-order valence-electron chi connectivity index (χ4n) is 8.98. The molecule has 0 saturated heterocycles. The summed E-state index contributed by atoms with van der Waals surface area (Å²) in [6.45, 7) is 0. The molecule has 0 aliphatic rings. The van der Waals surface area contributed by atoms with Crippen molar-refractivity contribution in [1.29, 1.82) is 0 Å². The number of rotatable bonds is 6. The van der Waals surface area contributed by atoms with Gasteiger partial charge < -0.3 is 9.32 Å². The van der Waals surface area contributed by atoms with Crippen LogP contribution in [0.15, 0.2) is 217 Å². The maximum Gasteiger partial charge on any atom is 0.135 e. The first kappa shape index (κ1) is 33.7. The molecular formula is C56H35NOS. The van der Waals surface area contributed by atoms with Crippen molar-refractivity contribution in [2.24, 2.45) is 0 Å². The standard InChI is InChI=1S/C56H35NOS/c1-2-11-37(12-3-1)47-18-9-19-49-50-20-10-21-52(56(50)59-55(47)49)57(44-15-8-14-39(34-44)41-28-32-54-51(35-41)48-17-6-7-22-53(48)58-54)43-29-25-36(26-30-43)40-27-31-46-42(33-40)24-23-38-13-4-5-16-45(38)46/h1-35H. The molecule has 0 unspecified atom stereocenters. The maximum atomic E-state index is 6.20. The lowest BCUT2D eigenvalue weighted by molar-refractivity contribution is 0.669. The molecular weight excluding hydrogens is 735 g/mol. The van der Waals surface area contributed by atoms with Crippen LogP contribution < -0.4 is 4.90 Å². The first-order chi connectivity index (χ1) is 29.2. The molecule has 2 aromatic heterocycles. The lowest BCUT2D eigenvalue weighted by Gasteiger charge is -2.27. The number of hydrogen-bond acceptors (Lipinski definition) is 3. The van der Waals surface area contributed by atoms with E-state index in [4.69, 9.17) is 4.42 Å². The molecule has 3 heteroatoms. The Kier molecular flexibility index (Phi) is 7.75. The first-order valence-electron chi connectivity index (χ1n) is 20.1. The van der Waals surface area contributed by atoms with Gasteiger partial charge in [0, 0.05) is 37.6 Å². The van der Waals surface area contributed by atoms with Crippen molar-refractivity contribution >= 4 is 92.1 Å². The van der Waals surface area contributed by atoms with Crippen LogP contribution in [0, 0.1) is 0 Å². The first-order valence-corrected chi connectivity index (χ1v) is 20.9. The van der Waals surface area contributed by atoms with E-state index in [0.717, 1.165) is 50.1 Å². The van der Waals surface area contributed by atoms with E-state index in [1.807, 2.05) is 23.5 Å². The number of hydrogen-bond donors (Lipinski definition) is 0. The molecule has 0 amide bonds. The Morgan fingerprint density at radius 2 is 0.949 bits per heavy atom. The quantitative estimate of drug-likeness (QED) is 0.157. The lowest BCUT2D eigenvalue weighted by atomic mass is 9.97. The van der Waals surface area contributed by atoms with E-state index >= 15 is 0 Å². The van der Waals surface area contributed by atoms with Gasteiger partial charge in [0.25, 0.3) is 0 Å². The van der Waals surface area contributed by atoms with Crippen LogP contribution in [-0.4, -0.2) is 0 Å². The van der Waals surface area contributed by atoms with Crippen molar-refractivity contribution in [3.8, 4) is 33.4 Å². The average Bonchev–Trinajstić information content (AvgIpc) is 3.88. The van der Waals surface area contributed by atoms with Crippen LogP contribution >= 0.6 is 11.3 Å². The normalized spacial score (nSPS) is 11.7. The minimum atomic E-state index is 0.902. The molecule has 0 bridgehead atoms. The largest absolute Gasteiger partial charge is 0.456 e. The van der Waals surface area contributed by atoms with Gasteiger partial charge in [0.05, 0.1) is 10.4 Å². The minimum absolute atomic E-state index is 0.902. The fourth-order valence-corrected chi connectivity index (χ4v) is 10.3. The number of fused-ring (bicyclic) bond motifs is 9. The summed E-state index contributed by atoms with van der Waals surface area (Å²) in [5.74, 6) is 0. The Balaban J connectivity index is 1.02. The molecule has 59 heavy (non-hydrogen) atoms.